The molecule has 0 radical (unpaired) electrons. The van der Waals surface area contributed by atoms with Crippen molar-refractivity contribution in [3.8, 4) is 0 Å². The van der Waals surface area contributed by atoms with Crippen LogP contribution in [0.3, 0.4) is 0 Å². The highest BCUT2D eigenvalue weighted by molar-refractivity contribution is 5.91. The Morgan fingerprint density at radius 2 is 2.00 bits per heavy atom. The van der Waals surface area contributed by atoms with E-state index in [9.17, 15) is 4.79 Å². The number of fused-ring (bicyclic) bond motifs is 1. The summed E-state index contributed by atoms with van der Waals surface area (Å²) in [7, 11) is 0. The van der Waals surface area contributed by atoms with Gasteiger partial charge in [0.2, 0.25) is 5.91 Å². The minimum atomic E-state index is -0.0523. The number of hydrogen-bond donors (Lipinski definition) is 1. The Morgan fingerprint density at radius 1 is 1.14 bits per heavy atom. The van der Waals surface area contributed by atoms with Crippen molar-refractivity contribution in [2.75, 3.05) is 5.32 Å². The van der Waals surface area contributed by atoms with E-state index in [2.05, 4.69) is 30.5 Å². The highest BCUT2D eigenvalue weighted by Gasteiger charge is 2.13. The molecule has 4 rings (SSSR count). The van der Waals surface area contributed by atoms with Crippen LogP contribution >= 0.6 is 0 Å². The molecule has 1 N–H and O–H groups in total. The van der Waals surface area contributed by atoms with Crippen LogP contribution < -0.4 is 5.32 Å². The molecule has 1 amide bonds. The summed E-state index contributed by atoms with van der Waals surface area (Å²) in [4.78, 5) is 25.1. The van der Waals surface area contributed by atoms with Gasteiger partial charge in [0.05, 0.1) is 6.54 Å². The highest BCUT2D eigenvalue weighted by Crippen LogP contribution is 2.18. The SMILES string of the molecule is Cc1nc2ncnn2c(C)c1CCC(=O)Nc1ccccc1Cn1cncn1. The number of rotatable bonds is 6. The van der Waals surface area contributed by atoms with Gasteiger partial charge >= 0.3 is 0 Å². The molecule has 1 aromatic carbocycles. The second-order valence-electron chi connectivity index (χ2n) is 6.53. The Bertz CT molecular complexity index is 1120. The topological polar surface area (TPSA) is 103 Å². The molecule has 0 aliphatic rings. The third-order valence-corrected chi connectivity index (χ3v) is 4.68. The second kappa shape index (κ2) is 7.55. The van der Waals surface area contributed by atoms with Crippen LogP contribution in [-0.4, -0.2) is 40.3 Å². The zero-order valence-electron chi connectivity index (χ0n) is 15.7. The minimum Gasteiger partial charge on any atom is -0.326 e. The van der Waals surface area contributed by atoms with Gasteiger partial charge < -0.3 is 5.32 Å². The van der Waals surface area contributed by atoms with Crippen LogP contribution in [0.25, 0.3) is 5.78 Å². The summed E-state index contributed by atoms with van der Waals surface area (Å²) in [6.07, 6.45) is 5.55. The number of nitrogens with zero attached hydrogens (tertiary/aromatic N) is 7. The molecule has 3 aromatic heterocycles. The minimum absolute atomic E-state index is 0.0523. The average molecular weight is 376 g/mol. The van der Waals surface area contributed by atoms with Crippen molar-refractivity contribution in [3.63, 3.8) is 0 Å². The third-order valence-electron chi connectivity index (χ3n) is 4.68. The van der Waals surface area contributed by atoms with Crippen molar-refractivity contribution in [3.05, 3.63) is 65.8 Å². The molecule has 0 fully saturated rings. The first-order valence-corrected chi connectivity index (χ1v) is 8.98. The van der Waals surface area contributed by atoms with E-state index in [1.54, 1.807) is 15.5 Å². The van der Waals surface area contributed by atoms with Gasteiger partial charge in [-0.15, -0.1) is 0 Å². The number of carbonyl (C=O) groups excluding carboxylic acids is 1. The summed E-state index contributed by atoms with van der Waals surface area (Å²) >= 11 is 0. The maximum atomic E-state index is 12.6. The highest BCUT2D eigenvalue weighted by atomic mass is 16.1. The molecule has 142 valence electrons. The first-order chi connectivity index (χ1) is 13.6. The summed E-state index contributed by atoms with van der Waals surface area (Å²) in [6.45, 7) is 4.45. The lowest BCUT2D eigenvalue weighted by Crippen LogP contribution is -2.16. The Labute approximate surface area is 161 Å². The molecule has 0 aliphatic heterocycles. The third kappa shape index (κ3) is 3.59. The number of benzene rings is 1. The fourth-order valence-electron chi connectivity index (χ4n) is 3.24. The van der Waals surface area contributed by atoms with Crippen LogP contribution in [0.4, 0.5) is 5.69 Å². The van der Waals surface area contributed by atoms with E-state index in [1.165, 1.54) is 12.7 Å². The van der Waals surface area contributed by atoms with E-state index in [4.69, 9.17) is 0 Å². The summed E-state index contributed by atoms with van der Waals surface area (Å²) in [5.74, 6) is 0.522. The molecule has 0 unspecified atom stereocenters. The van der Waals surface area contributed by atoms with E-state index in [-0.39, 0.29) is 5.91 Å². The Hall–Kier alpha value is -3.62. The van der Waals surface area contributed by atoms with Gasteiger partial charge in [0, 0.05) is 23.5 Å². The fraction of sp³-hybridized carbons (Fsp3) is 0.263. The van der Waals surface area contributed by atoms with Crippen molar-refractivity contribution in [1.29, 1.82) is 0 Å². The number of para-hydroxylation sites is 1. The van der Waals surface area contributed by atoms with Gasteiger partial charge in [-0.3, -0.25) is 4.79 Å². The van der Waals surface area contributed by atoms with Gasteiger partial charge in [0.1, 0.15) is 19.0 Å². The van der Waals surface area contributed by atoms with Gasteiger partial charge in [-0.2, -0.15) is 15.2 Å². The Kier molecular flexibility index (Phi) is 4.79. The molecule has 0 saturated carbocycles. The number of carbonyl (C=O) groups is 1. The Morgan fingerprint density at radius 3 is 2.82 bits per heavy atom. The number of aromatic nitrogens is 7. The molecule has 0 atom stereocenters. The first-order valence-electron chi connectivity index (χ1n) is 8.98. The zero-order chi connectivity index (χ0) is 19.5. The maximum Gasteiger partial charge on any atom is 0.252 e. The van der Waals surface area contributed by atoms with Crippen LogP contribution in [0.1, 0.15) is 28.9 Å². The van der Waals surface area contributed by atoms with Crippen molar-refractivity contribution in [1.82, 2.24) is 34.3 Å². The summed E-state index contributed by atoms with van der Waals surface area (Å²) in [5.41, 5.74) is 4.60. The zero-order valence-corrected chi connectivity index (χ0v) is 15.7. The predicted molar refractivity (Wildman–Crippen MR) is 103 cm³/mol. The lowest BCUT2D eigenvalue weighted by atomic mass is 10.1. The van der Waals surface area contributed by atoms with E-state index in [0.29, 0.717) is 25.2 Å². The largest absolute Gasteiger partial charge is 0.326 e. The smallest absolute Gasteiger partial charge is 0.252 e. The standard InChI is InChI=1S/C19H20N8O/c1-13-16(14(2)27-19(24-13)21-11-23-27)7-8-18(28)25-17-6-4-3-5-15(17)9-26-12-20-10-22-26/h3-6,10-12H,7-9H2,1-2H3,(H,25,28). The monoisotopic (exact) mass is 376 g/mol. The van der Waals surface area contributed by atoms with Gasteiger partial charge in [-0.05, 0) is 37.5 Å². The summed E-state index contributed by atoms with van der Waals surface area (Å²) < 4.78 is 3.42. The molecule has 0 spiro atoms. The van der Waals surface area contributed by atoms with Crippen LogP contribution in [0, 0.1) is 13.8 Å². The first kappa shape index (κ1) is 17.8. The van der Waals surface area contributed by atoms with Gasteiger partial charge in [0.15, 0.2) is 0 Å². The molecule has 0 bridgehead atoms. The van der Waals surface area contributed by atoms with E-state index in [1.807, 2.05) is 38.1 Å². The fourth-order valence-corrected chi connectivity index (χ4v) is 3.24. The van der Waals surface area contributed by atoms with Crippen LogP contribution in [0.5, 0.6) is 0 Å². The van der Waals surface area contributed by atoms with Gasteiger partial charge in [-0.1, -0.05) is 18.2 Å². The molecule has 0 aliphatic carbocycles. The van der Waals surface area contributed by atoms with E-state index in [0.717, 1.165) is 28.2 Å². The number of aryl methyl sites for hydroxylation is 2. The van der Waals surface area contributed by atoms with Gasteiger partial charge in [-0.25, -0.2) is 19.2 Å². The molecule has 9 nitrogen and oxygen atoms in total. The lowest BCUT2D eigenvalue weighted by molar-refractivity contribution is -0.116. The quantitative estimate of drug-likeness (QED) is 0.552. The molecule has 9 heteroatoms. The van der Waals surface area contributed by atoms with Crippen LogP contribution in [-0.2, 0) is 17.8 Å². The van der Waals surface area contributed by atoms with Crippen molar-refractivity contribution in [2.45, 2.75) is 33.2 Å². The van der Waals surface area contributed by atoms with Crippen molar-refractivity contribution >= 4 is 17.4 Å². The van der Waals surface area contributed by atoms with Crippen LogP contribution in [0.2, 0.25) is 0 Å². The molecular weight excluding hydrogens is 356 g/mol. The number of nitrogens with one attached hydrogen (secondary N) is 1. The second-order valence-corrected chi connectivity index (χ2v) is 6.53. The lowest BCUT2D eigenvalue weighted by Gasteiger charge is -2.12. The molecule has 3 heterocycles. The molecule has 4 aromatic rings. The molecule has 28 heavy (non-hydrogen) atoms. The predicted octanol–water partition coefficient (Wildman–Crippen LogP) is 1.95. The maximum absolute atomic E-state index is 12.6. The van der Waals surface area contributed by atoms with Crippen molar-refractivity contribution in [2.24, 2.45) is 0 Å². The average Bonchev–Trinajstić information content (AvgIpc) is 3.35. The summed E-state index contributed by atoms with van der Waals surface area (Å²) in [5, 5.41) is 11.3. The van der Waals surface area contributed by atoms with Crippen molar-refractivity contribution < 1.29 is 4.79 Å². The van der Waals surface area contributed by atoms with Crippen LogP contribution in [0.15, 0.2) is 43.2 Å². The Balaban J connectivity index is 1.46. The normalized spacial score (nSPS) is 11.1. The number of amides is 1. The van der Waals surface area contributed by atoms with E-state index < -0.39 is 0 Å². The summed E-state index contributed by atoms with van der Waals surface area (Å²) in [6, 6.07) is 7.70. The number of hydrogen-bond acceptors (Lipinski definition) is 6. The number of anilines is 1. The molecule has 0 saturated heterocycles. The van der Waals surface area contributed by atoms with Gasteiger partial charge in [0.25, 0.3) is 5.78 Å². The van der Waals surface area contributed by atoms with E-state index >= 15 is 0 Å². The molecular formula is C19H20N8O.